The van der Waals surface area contributed by atoms with Crippen molar-refractivity contribution in [2.24, 2.45) is 5.92 Å². The Kier molecular flexibility index (Phi) is 3.99. The first-order valence-electron chi connectivity index (χ1n) is 7.53. The van der Waals surface area contributed by atoms with Crippen LogP contribution >= 0.6 is 0 Å². The van der Waals surface area contributed by atoms with Gasteiger partial charge in [0.25, 0.3) is 0 Å². The highest BCUT2D eigenvalue weighted by atomic mass is 15.2. The number of aromatic nitrogens is 1. The normalized spacial score (nSPS) is 20.6. The zero-order valence-corrected chi connectivity index (χ0v) is 12.3. The van der Waals surface area contributed by atoms with Crippen molar-refractivity contribution in [3.05, 3.63) is 42.1 Å². The quantitative estimate of drug-likeness (QED) is 0.928. The SMILES string of the molecule is CC(C)C1CNCCN1Cc1ccc2ccccc2n1. The Morgan fingerprint density at radius 1 is 1.25 bits per heavy atom. The number of fused-ring (bicyclic) bond motifs is 1. The molecule has 2 aromatic rings. The molecule has 1 fully saturated rings. The van der Waals surface area contributed by atoms with Crippen molar-refractivity contribution in [3.8, 4) is 0 Å². The molecule has 0 saturated carbocycles. The minimum absolute atomic E-state index is 0.608. The van der Waals surface area contributed by atoms with Crippen LogP contribution < -0.4 is 5.32 Å². The number of nitrogens with zero attached hydrogens (tertiary/aromatic N) is 2. The van der Waals surface area contributed by atoms with Crippen LogP contribution in [0.5, 0.6) is 0 Å². The highest BCUT2D eigenvalue weighted by Crippen LogP contribution is 2.17. The minimum Gasteiger partial charge on any atom is -0.314 e. The van der Waals surface area contributed by atoms with Crippen LogP contribution in [0.15, 0.2) is 36.4 Å². The fraction of sp³-hybridized carbons (Fsp3) is 0.471. The molecule has 1 aromatic heterocycles. The Morgan fingerprint density at radius 2 is 2.10 bits per heavy atom. The molecule has 106 valence electrons. The first kappa shape index (κ1) is 13.5. The zero-order valence-electron chi connectivity index (χ0n) is 12.3. The lowest BCUT2D eigenvalue weighted by Gasteiger charge is -2.38. The monoisotopic (exact) mass is 269 g/mol. The van der Waals surface area contributed by atoms with Gasteiger partial charge in [0.1, 0.15) is 0 Å². The lowest BCUT2D eigenvalue weighted by molar-refractivity contribution is 0.116. The van der Waals surface area contributed by atoms with Gasteiger partial charge in [-0.05, 0) is 18.1 Å². The van der Waals surface area contributed by atoms with Crippen molar-refractivity contribution in [1.82, 2.24) is 15.2 Å². The minimum atomic E-state index is 0.608. The van der Waals surface area contributed by atoms with Gasteiger partial charge in [0.2, 0.25) is 0 Å². The highest BCUT2D eigenvalue weighted by Gasteiger charge is 2.24. The molecule has 2 heterocycles. The molecule has 1 aliphatic rings. The van der Waals surface area contributed by atoms with Crippen molar-refractivity contribution in [3.63, 3.8) is 0 Å². The predicted molar refractivity (Wildman–Crippen MR) is 83.6 cm³/mol. The molecule has 3 nitrogen and oxygen atoms in total. The highest BCUT2D eigenvalue weighted by molar-refractivity contribution is 5.78. The summed E-state index contributed by atoms with van der Waals surface area (Å²) in [5.74, 6) is 0.670. The third-order valence-corrected chi connectivity index (χ3v) is 4.19. The lowest BCUT2D eigenvalue weighted by Crippen LogP contribution is -2.53. The Hall–Kier alpha value is -1.45. The van der Waals surface area contributed by atoms with E-state index in [1.165, 1.54) is 11.1 Å². The van der Waals surface area contributed by atoms with Gasteiger partial charge in [0.05, 0.1) is 11.2 Å². The van der Waals surface area contributed by atoms with Crippen LogP contribution in [0.25, 0.3) is 10.9 Å². The molecule has 20 heavy (non-hydrogen) atoms. The Balaban J connectivity index is 1.80. The standard InChI is InChI=1S/C17H23N3/c1-13(2)17-11-18-9-10-20(17)12-15-8-7-14-5-3-4-6-16(14)19-15/h3-8,13,17-18H,9-12H2,1-2H3. The molecule has 0 amide bonds. The number of piperazine rings is 1. The fourth-order valence-electron chi connectivity index (χ4n) is 3.03. The van der Waals surface area contributed by atoms with Crippen LogP contribution in [0.2, 0.25) is 0 Å². The van der Waals surface area contributed by atoms with Crippen molar-refractivity contribution < 1.29 is 0 Å². The molecular formula is C17H23N3. The summed E-state index contributed by atoms with van der Waals surface area (Å²) in [6.45, 7) is 8.84. The average molecular weight is 269 g/mol. The van der Waals surface area contributed by atoms with E-state index in [9.17, 15) is 0 Å². The molecule has 3 heteroatoms. The van der Waals surface area contributed by atoms with Gasteiger partial charge in [-0.2, -0.15) is 0 Å². The molecule has 3 rings (SSSR count). The van der Waals surface area contributed by atoms with E-state index in [2.05, 4.69) is 60.5 Å². The number of nitrogens with one attached hydrogen (secondary N) is 1. The van der Waals surface area contributed by atoms with E-state index >= 15 is 0 Å². The zero-order chi connectivity index (χ0) is 13.9. The maximum Gasteiger partial charge on any atom is 0.0705 e. The van der Waals surface area contributed by atoms with Gasteiger partial charge < -0.3 is 5.32 Å². The second kappa shape index (κ2) is 5.90. The summed E-state index contributed by atoms with van der Waals surface area (Å²) in [6.07, 6.45) is 0. The Labute approximate surface area is 121 Å². The molecule has 1 aromatic carbocycles. The van der Waals surface area contributed by atoms with Crippen molar-refractivity contribution in [2.45, 2.75) is 26.4 Å². The largest absolute Gasteiger partial charge is 0.314 e. The number of hydrogen-bond donors (Lipinski definition) is 1. The third-order valence-electron chi connectivity index (χ3n) is 4.19. The second-order valence-corrected chi connectivity index (χ2v) is 5.98. The molecule has 1 unspecified atom stereocenters. The summed E-state index contributed by atoms with van der Waals surface area (Å²) < 4.78 is 0. The molecule has 0 radical (unpaired) electrons. The van der Waals surface area contributed by atoms with Crippen LogP contribution in [0, 0.1) is 5.92 Å². The summed E-state index contributed by atoms with van der Waals surface area (Å²) in [7, 11) is 0. The molecule has 1 aliphatic heterocycles. The number of hydrogen-bond acceptors (Lipinski definition) is 3. The summed E-state index contributed by atoms with van der Waals surface area (Å²) in [5, 5.41) is 4.72. The number of pyridine rings is 1. The van der Waals surface area contributed by atoms with Crippen LogP contribution in [0.1, 0.15) is 19.5 Å². The van der Waals surface area contributed by atoms with E-state index in [1.54, 1.807) is 0 Å². The first-order valence-corrected chi connectivity index (χ1v) is 7.53. The molecule has 1 N–H and O–H groups in total. The van der Waals surface area contributed by atoms with E-state index in [-0.39, 0.29) is 0 Å². The molecule has 0 spiro atoms. The molecule has 0 bridgehead atoms. The predicted octanol–water partition coefficient (Wildman–Crippen LogP) is 2.66. The molecule has 1 atom stereocenters. The van der Waals surface area contributed by atoms with Crippen molar-refractivity contribution in [2.75, 3.05) is 19.6 Å². The summed E-state index contributed by atoms with van der Waals surface area (Å²) >= 11 is 0. The van der Waals surface area contributed by atoms with Crippen molar-refractivity contribution in [1.29, 1.82) is 0 Å². The van der Waals surface area contributed by atoms with E-state index < -0.39 is 0 Å². The summed E-state index contributed by atoms with van der Waals surface area (Å²) in [5.41, 5.74) is 2.28. The van der Waals surface area contributed by atoms with Gasteiger partial charge in [0, 0.05) is 37.6 Å². The number of para-hydroxylation sites is 1. The van der Waals surface area contributed by atoms with Crippen LogP contribution in [0.4, 0.5) is 0 Å². The Morgan fingerprint density at radius 3 is 2.95 bits per heavy atom. The Bertz CT molecular complexity index is 579. The third kappa shape index (κ3) is 2.84. The van der Waals surface area contributed by atoms with Crippen LogP contribution in [-0.4, -0.2) is 35.6 Å². The van der Waals surface area contributed by atoms with Gasteiger partial charge in [-0.25, -0.2) is 0 Å². The van der Waals surface area contributed by atoms with Crippen LogP contribution in [-0.2, 0) is 6.54 Å². The lowest BCUT2D eigenvalue weighted by atomic mass is 10.0. The van der Waals surface area contributed by atoms with E-state index in [1.807, 2.05) is 0 Å². The maximum absolute atomic E-state index is 4.80. The van der Waals surface area contributed by atoms with Crippen molar-refractivity contribution >= 4 is 10.9 Å². The van der Waals surface area contributed by atoms with Gasteiger partial charge in [-0.1, -0.05) is 38.1 Å². The van der Waals surface area contributed by atoms with E-state index in [4.69, 9.17) is 4.98 Å². The maximum atomic E-state index is 4.80. The first-order chi connectivity index (χ1) is 9.74. The fourth-order valence-corrected chi connectivity index (χ4v) is 3.03. The molecular weight excluding hydrogens is 246 g/mol. The van der Waals surface area contributed by atoms with E-state index in [0.29, 0.717) is 12.0 Å². The smallest absolute Gasteiger partial charge is 0.0705 e. The van der Waals surface area contributed by atoms with E-state index in [0.717, 1.165) is 31.7 Å². The van der Waals surface area contributed by atoms with Gasteiger partial charge in [-0.3, -0.25) is 9.88 Å². The van der Waals surface area contributed by atoms with Gasteiger partial charge in [0.15, 0.2) is 0 Å². The van der Waals surface area contributed by atoms with Gasteiger partial charge in [-0.15, -0.1) is 0 Å². The summed E-state index contributed by atoms with van der Waals surface area (Å²) in [4.78, 5) is 7.37. The topological polar surface area (TPSA) is 28.2 Å². The number of benzene rings is 1. The molecule has 1 saturated heterocycles. The molecule has 0 aliphatic carbocycles. The average Bonchev–Trinajstić information content (AvgIpc) is 2.47. The number of rotatable bonds is 3. The van der Waals surface area contributed by atoms with Gasteiger partial charge >= 0.3 is 0 Å². The second-order valence-electron chi connectivity index (χ2n) is 5.98. The van der Waals surface area contributed by atoms with Crippen LogP contribution in [0.3, 0.4) is 0 Å². The summed E-state index contributed by atoms with van der Waals surface area (Å²) in [6, 6.07) is 13.3.